The van der Waals surface area contributed by atoms with Gasteiger partial charge in [0.05, 0.1) is 12.8 Å². The molecule has 5 aliphatic rings. The topological polar surface area (TPSA) is 169 Å². The van der Waals surface area contributed by atoms with E-state index in [2.05, 4.69) is 4.74 Å². The van der Waals surface area contributed by atoms with Gasteiger partial charge in [-0.2, -0.15) is 17.2 Å². The zero-order chi connectivity index (χ0) is 29.7. The van der Waals surface area contributed by atoms with Crippen LogP contribution in [0.3, 0.4) is 0 Å². The Bertz CT molecular complexity index is 1180. The monoisotopic (exact) mass is 608 g/mol. The summed E-state index contributed by atoms with van der Waals surface area (Å²) in [6.07, 6.45) is 0.790. The molecule has 7 atom stereocenters. The quantitative estimate of drug-likeness (QED) is 0.219. The van der Waals surface area contributed by atoms with E-state index in [0.717, 1.165) is 57.8 Å². The summed E-state index contributed by atoms with van der Waals surface area (Å²) in [5.74, 6) is -5.18. The molecule has 3 saturated heterocycles. The van der Waals surface area contributed by atoms with E-state index in [9.17, 15) is 36.4 Å². The molecular formula is C26H34F2O12S. The molecule has 5 fully saturated rings. The smallest absolute Gasteiger partial charge is 0.405 e. The summed E-state index contributed by atoms with van der Waals surface area (Å²) in [5, 5.41) is -4.75. The largest absolute Gasteiger partial charge is 0.458 e. The molecule has 7 unspecified atom stereocenters. The van der Waals surface area contributed by atoms with Crippen molar-refractivity contribution < 1.29 is 64.6 Å². The summed E-state index contributed by atoms with van der Waals surface area (Å²) in [7, 11) is -5.83. The third-order valence-corrected chi connectivity index (χ3v) is 10.2. The van der Waals surface area contributed by atoms with Crippen LogP contribution in [0.1, 0.15) is 77.6 Å². The van der Waals surface area contributed by atoms with Gasteiger partial charge in [-0.05, 0) is 51.4 Å². The van der Waals surface area contributed by atoms with Gasteiger partial charge in [0, 0.05) is 0 Å². The summed E-state index contributed by atoms with van der Waals surface area (Å²) in [4.78, 5) is 50.9. The predicted octanol–water partition coefficient (Wildman–Crippen LogP) is 2.47. The van der Waals surface area contributed by atoms with Gasteiger partial charge in [0.15, 0.2) is 18.3 Å². The van der Waals surface area contributed by atoms with Gasteiger partial charge in [-0.25, -0.2) is 0 Å². The van der Waals surface area contributed by atoms with Gasteiger partial charge in [0.25, 0.3) is 0 Å². The van der Waals surface area contributed by atoms with Crippen molar-refractivity contribution in [1.82, 2.24) is 0 Å². The van der Waals surface area contributed by atoms with Gasteiger partial charge >= 0.3 is 39.2 Å². The fourth-order valence-corrected chi connectivity index (χ4v) is 7.62. The lowest BCUT2D eigenvalue weighted by Gasteiger charge is -2.42. The minimum atomic E-state index is -5.83. The van der Waals surface area contributed by atoms with Crippen molar-refractivity contribution in [2.24, 2.45) is 17.8 Å². The molecule has 0 radical (unpaired) electrons. The maximum absolute atomic E-state index is 13.7. The molecule has 0 amide bonds. The number of alkyl halides is 2. The van der Waals surface area contributed by atoms with Crippen molar-refractivity contribution >= 4 is 34.0 Å². The van der Waals surface area contributed by atoms with Crippen LogP contribution in [0.2, 0.25) is 0 Å². The molecule has 15 heteroatoms. The average Bonchev–Trinajstić information content (AvgIpc) is 3.67. The standard InChI is InChI=1S/C26H34F2O12S/c1-13(26(27,28)41(33,34)35)36-15(29)9-10-16(30)37-21-20-18(17-19(38-20)22(21)39-23(17)31)24(32)40-25(11-5-2-6-12-25)14-7-3-4-8-14/h13-14,17-22H,2-12H2,1H3,(H,33,34,35). The molecule has 3 heterocycles. The van der Waals surface area contributed by atoms with Crippen LogP contribution in [0.5, 0.6) is 0 Å². The van der Waals surface area contributed by atoms with Crippen LogP contribution in [0.15, 0.2) is 0 Å². The fraction of sp³-hybridized carbons (Fsp3) is 0.846. The van der Waals surface area contributed by atoms with Gasteiger partial charge in [-0.3, -0.25) is 23.7 Å². The zero-order valence-corrected chi connectivity index (χ0v) is 23.3. The lowest BCUT2D eigenvalue weighted by molar-refractivity contribution is -0.183. The first-order valence-electron chi connectivity index (χ1n) is 14.1. The Morgan fingerprint density at radius 2 is 1.66 bits per heavy atom. The second kappa shape index (κ2) is 11.0. The summed E-state index contributed by atoms with van der Waals surface area (Å²) in [6.45, 7) is 0.574. The average molecular weight is 609 g/mol. The predicted molar refractivity (Wildman–Crippen MR) is 131 cm³/mol. The van der Waals surface area contributed by atoms with Crippen LogP contribution < -0.4 is 0 Å². The highest BCUT2D eigenvalue weighted by Crippen LogP contribution is 2.53. The number of carbonyl (C=O) groups excluding carboxylic acids is 4. The number of fused-ring (bicyclic) bond motifs is 1. The highest BCUT2D eigenvalue weighted by atomic mass is 32.2. The first kappa shape index (κ1) is 30.1. The Morgan fingerprint density at radius 1 is 1.02 bits per heavy atom. The number of hydrogen-bond acceptors (Lipinski definition) is 11. The number of ether oxygens (including phenoxy) is 5. The molecule has 0 spiro atoms. The van der Waals surface area contributed by atoms with Crippen molar-refractivity contribution in [3.8, 4) is 0 Å². The maximum atomic E-state index is 13.7. The minimum Gasteiger partial charge on any atom is -0.458 e. The molecule has 1 N–H and O–H groups in total. The molecular weight excluding hydrogens is 574 g/mol. The van der Waals surface area contributed by atoms with E-state index in [1.54, 1.807) is 0 Å². The molecule has 3 aliphatic heterocycles. The van der Waals surface area contributed by atoms with E-state index in [1.807, 2.05) is 0 Å². The van der Waals surface area contributed by atoms with Crippen molar-refractivity contribution in [1.29, 1.82) is 0 Å². The molecule has 12 nitrogen and oxygen atoms in total. The lowest BCUT2D eigenvalue weighted by Crippen LogP contribution is -2.51. The number of carbonyl (C=O) groups is 4. The van der Waals surface area contributed by atoms with Crippen LogP contribution >= 0.6 is 0 Å². The summed E-state index contributed by atoms with van der Waals surface area (Å²) < 4.78 is 84.9. The van der Waals surface area contributed by atoms with Crippen molar-refractivity contribution in [3.05, 3.63) is 0 Å². The lowest BCUT2D eigenvalue weighted by atomic mass is 9.74. The first-order valence-corrected chi connectivity index (χ1v) is 15.5. The molecule has 0 aromatic carbocycles. The van der Waals surface area contributed by atoms with E-state index in [1.165, 1.54) is 0 Å². The van der Waals surface area contributed by atoms with Gasteiger partial charge in [-0.15, -0.1) is 0 Å². The van der Waals surface area contributed by atoms with E-state index in [4.69, 9.17) is 23.5 Å². The fourth-order valence-electron chi connectivity index (χ4n) is 7.15. The van der Waals surface area contributed by atoms with Crippen LogP contribution in [0, 0.1) is 17.8 Å². The number of hydrogen-bond donors (Lipinski definition) is 1. The zero-order valence-electron chi connectivity index (χ0n) is 22.5. The Labute approximate surface area is 235 Å². The van der Waals surface area contributed by atoms with Crippen molar-refractivity contribution in [2.45, 2.75) is 119 Å². The Kier molecular flexibility index (Phi) is 8.09. The second-order valence-electron chi connectivity index (χ2n) is 11.7. The van der Waals surface area contributed by atoms with E-state index < -0.39 is 100 Å². The number of rotatable bonds is 10. The Hall–Kier alpha value is -2.39. The third-order valence-electron chi connectivity index (χ3n) is 9.21. The van der Waals surface area contributed by atoms with Gasteiger partial charge in [0.1, 0.15) is 29.6 Å². The van der Waals surface area contributed by atoms with Crippen LogP contribution in [-0.2, 0) is 53.0 Å². The third kappa shape index (κ3) is 5.44. The summed E-state index contributed by atoms with van der Waals surface area (Å²) in [5.41, 5.74) is -0.592. The van der Waals surface area contributed by atoms with Gasteiger partial charge < -0.3 is 23.7 Å². The SMILES string of the molecule is CC(OC(=O)CCC(=O)OC1C2OC(=O)C3C2OC1C3C(=O)OC1(C2CCCC2)CCCCC1)C(F)(F)S(=O)(=O)O. The highest BCUT2D eigenvalue weighted by molar-refractivity contribution is 7.86. The van der Waals surface area contributed by atoms with E-state index >= 15 is 0 Å². The highest BCUT2D eigenvalue weighted by Gasteiger charge is 2.72. The summed E-state index contributed by atoms with van der Waals surface area (Å²) in [6, 6.07) is 0. The molecule has 2 bridgehead atoms. The summed E-state index contributed by atoms with van der Waals surface area (Å²) >= 11 is 0. The molecule has 0 aromatic heterocycles. The maximum Gasteiger partial charge on any atom is 0.405 e. The molecule has 2 aliphatic carbocycles. The Balaban J connectivity index is 1.21. The normalized spacial score (nSPS) is 33.3. The molecule has 5 rings (SSSR count). The van der Waals surface area contributed by atoms with Crippen molar-refractivity contribution in [2.75, 3.05) is 0 Å². The molecule has 230 valence electrons. The first-order chi connectivity index (χ1) is 19.2. The molecule has 41 heavy (non-hydrogen) atoms. The van der Waals surface area contributed by atoms with E-state index in [0.29, 0.717) is 6.92 Å². The molecule has 2 saturated carbocycles. The van der Waals surface area contributed by atoms with Crippen molar-refractivity contribution in [3.63, 3.8) is 0 Å². The Morgan fingerprint density at radius 3 is 2.29 bits per heavy atom. The van der Waals surface area contributed by atoms with Gasteiger partial charge in [0.2, 0.25) is 0 Å². The number of esters is 4. The van der Waals surface area contributed by atoms with Crippen LogP contribution in [0.4, 0.5) is 8.78 Å². The second-order valence-corrected chi connectivity index (χ2v) is 13.2. The number of halogens is 2. The van der Waals surface area contributed by atoms with Crippen LogP contribution in [-0.4, -0.2) is 78.2 Å². The van der Waals surface area contributed by atoms with Crippen LogP contribution in [0.25, 0.3) is 0 Å². The van der Waals surface area contributed by atoms with E-state index in [-0.39, 0.29) is 5.92 Å². The van der Waals surface area contributed by atoms with Gasteiger partial charge in [-0.1, -0.05) is 19.3 Å². The molecule has 0 aromatic rings. The minimum absolute atomic E-state index is 0.253.